The zero-order valence-electron chi connectivity index (χ0n) is 16.3. The van der Waals surface area contributed by atoms with E-state index in [1.807, 2.05) is 24.3 Å². The number of ether oxygens (including phenoxy) is 1. The number of nitrogens with one attached hydrogen (secondary N) is 2. The molecule has 2 heterocycles. The third kappa shape index (κ3) is 5.92. The van der Waals surface area contributed by atoms with Crippen molar-refractivity contribution in [2.24, 2.45) is 11.8 Å². The second-order valence-electron chi connectivity index (χ2n) is 7.80. The highest BCUT2D eigenvalue weighted by Gasteiger charge is 2.28. The van der Waals surface area contributed by atoms with Gasteiger partial charge < -0.3 is 25.4 Å². The molecule has 1 unspecified atom stereocenters. The number of carbonyl (C=O) groups excluding carboxylic acids is 1. The molecule has 27 heavy (non-hydrogen) atoms. The Kier molecular flexibility index (Phi) is 7.50. The largest absolute Gasteiger partial charge is 0.497 e. The maximum atomic E-state index is 12.5. The van der Waals surface area contributed by atoms with Gasteiger partial charge in [0.1, 0.15) is 5.75 Å². The molecule has 3 rings (SSSR count). The second kappa shape index (κ2) is 10.1. The summed E-state index contributed by atoms with van der Waals surface area (Å²) in [6, 6.07) is 7.77. The number of aliphatic hydroxyl groups is 1. The van der Waals surface area contributed by atoms with Crippen LogP contribution in [-0.4, -0.2) is 61.9 Å². The van der Waals surface area contributed by atoms with E-state index in [0.717, 1.165) is 69.7 Å². The average Bonchev–Trinajstić information content (AvgIpc) is 2.73. The van der Waals surface area contributed by atoms with E-state index < -0.39 is 0 Å². The van der Waals surface area contributed by atoms with E-state index in [9.17, 15) is 9.90 Å². The Balaban J connectivity index is 1.37. The number of methoxy groups -OCH3 is 1. The van der Waals surface area contributed by atoms with Gasteiger partial charge in [0.2, 0.25) is 5.91 Å². The van der Waals surface area contributed by atoms with Crippen LogP contribution in [0.4, 0.5) is 0 Å². The van der Waals surface area contributed by atoms with Crippen molar-refractivity contribution in [3.63, 3.8) is 0 Å². The maximum absolute atomic E-state index is 12.5. The lowest BCUT2D eigenvalue weighted by Gasteiger charge is -2.35. The molecule has 1 aromatic rings. The van der Waals surface area contributed by atoms with Crippen molar-refractivity contribution in [2.75, 3.05) is 39.8 Å². The number of likely N-dealkylation sites (tertiary alicyclic amines) is 1. The van der Waals surface area contributed by atoms with Gasteiger partial charge in [-0.3, -0.25) is 4.79 Å². The van der Waals surface area contributed by atoms with Crippen LogP contribution in [0.15, 0.2) is 24.3 Å². The van der Waals surface area contributed by atoms with E-state index >= 15 is 0 Å². The summed E-state index contributed by atoms with van der Waals surface area (Å²) in [5, 5.41) is 16.9. The van der Waals surface area contributed by atoms with Gasteiger partial charge in [-0.25, -0.2) is 0 Å². The van der Waals surface area contributed by atoms with E-state index in [1.165, 1.54) is 0 Å². The van der Waals surface area contributed by atoms with E-state index in [0.29, 0.717) is 12.5 Å². The van der Waals surface area contributed by atoms with Crippen LogP contribution in [0.5, 0.6) is 5.75 Å². The molecule has 1 amide bonds. The summed E-state index contributed by atoms with van der Waals surface area (Å²) in [5.74, 6) is 1.46. The molecule has 150 valence electrons. The Hall–Kier alpha value is -1.63. The highest BCUT2D eigenvalue weighted by molar-refractivity contribution is 5.78. The minimum atomic E-state index is -0.243. The summed E-state index contributed by atoms with van der Waals surface area (Å²) in [7, 11) is 1.65. The Morgan fingerprint density at radius 1 is 1.22 bits per heavy atom. The molecular weight excluding hydrogens is 342 g/mol. The molecule has 2 saturated heterocycles. The number of rotatable bonds is 7. The van der Waals surface area contributed by atoms with Crippen molar-refractivity contribution in [1.29, 1.82) is 0 Å². The van der Waals surface area contributed by atoms with Gasteiger partial charge in [-0.2, -0.15) is 0 Å². The van der Waals surface area contributed by atoms with Crippen LogP contribution >= 0.6 is 0 Å². The monoisotopic (exact) mass is 375 g/mol. The van der Waals surface area contributed by atoms with Gasteiger partial charge in [0.25, 0.3) is 0 Å². The van der Waals surface area contributed by atoms with Crippen molar-refractivity contribution >= 4 is 5.91 Å². The molecule has 1 aromatic carbocycles. The SMILES string of the molecule is COc1ccc(CNC(=O)C2CCN(CC(O)C3CCNCC3)CC2)cc1. The number of amides is 1. The predicted molar refractivity (Wildman–Crippen MR) is 106 cm³/mol. The Labute approximate surface area is 162 Å². The van der Waals surface area contributed by atoms with Gasteiger partial charge in [-0.15, -0.1) is 0 Å². The van der Waals surface area contributed by atoms with Crippen LogP contribution in [0.3, 0.4) is 0 Å². The van der Waals surface area contributed by atoms with Crippen LogP contribution in [0, 0.1) is 11.8 Å². The van der Waals surface area contributed by atoms with Gasteiger partial charge in [-0.1, -0.05) is 12.1 Å². The standard InChI is InChI=1S/C21H33N3O3/c1-27-19-4-2-16(3-5-19)14-23-21(26)18-8-12-24(13-9-18)15-20(25)17-6-10-22-11-7-17/h2-5,17-18,20,22,25H,6-15H2,1H3,(H,23,26). The Bertz CT molecular complexity index is 579. The fraction of sp³-hybridized carbons (Fsp3) is 0.667. The number of β-amino-alcohol motifs (C(OH)–C–C–N with tert-alkyl or cyclic N) is 1. The van der Waals surface area contributed by atoms with E-state index in [4.69, 9.17) is 4.74 Å². The topological polar surface area (TPSA) is 73.8 Å². The second-order valence-corrected chi connectivity index (χ2v) is 7.80. The number of aliphatic hydroxyl groups excluding tert-OH is 1. The van der Waals surface area contributed by atoms with Crippen LogP contribution in [-0.2, 0) is 11.3 Å². The zero-order valence-corrected chi connectivity index (χ0v) is 16.3. The fourth-order valence-electron chi connectivity index (χ4n) is 4.10. The summed E-state index contributed by atoms with van der Waals surface area (Å²) in [5.41, 5.74) is 1.08. The van der Waals surface area contributed by atoms with Crippen molar-refractivity contribution < 1.29 is 14.6 Å². The van der Waals surface area contributed by atoms with Crippen LogP contribution in [0.25, 0.3) is 0 Å². The first-order valence-corrected chi connectivity index (χ1v) is 10.2. The smallest absolute Gasteiger partial charge is 0.223 e. The molecule has 2 fully saturated rings. The van der Waals surface area contributed by atoms with Gasteiger partial charge >= 0.3 is 0 Å². The summed E-state index contributed by atoms with van der Waals surface area (Å²) in [6.45, 7) is 5.10. The summed E-state index contributed by atoms with van der Waals surface area (Å²) in [6.07, 6.45) is 3.62. The summed E-state index contributed by atoms with van der Waals surface area (Å²) < 4.78 is 5.15. The van der Waals surface area contributed by atoms with Crippen molar-refractivity contribution in [2.45, 2.75) is 38.3 Å². The first-order chi connectivity index (χ1) is 13.2. The lowest BCUT2D eigenvalue weighted by molar-refractivity contribution is -0.126. The zero-order chi connectivity index (χ0) is 19.1. The normalized spacial score (nSPS) is 21.0. The molecule has 3 N–H and O–H groups in total. The molecule has 2 aliphatic rings. The molecule has 0 saturated carbocycles. The molecule has 0 spiro atoms. The highest BCUT2D eigenvalue weighted by Crippen LogP contribution is 2.21. The molecule has 6 heteroatoms. The van der Waals surface area contributed by atoms with Gasteiger partial charge in [-0.05, 0) is 75.5 Å². The predicted octanol–water partition coefficient (Wildman–Crippen LogP) is 1.38. The number of benzene rings is 1. The molecular formula is C21H33N3O3. The quantitative estimate of drug-likeness (QED) is 0.672. The Morgan fingerprint density at radius 3 is 2.52 bits per heavy atom. The number of hydrogen-bond acceptors (Lipinski definition) is 5. The van der Waals surface area contributed by atoms with Crippen molar-refractivity contribution in [3.8, 4) is 5.75 Å². The fourth-order valence-corrected chi connectivity index (χ4v) is 4.10. The number of hydrogen-bond donors (Lipinski definition) is 3. The van der Waals surface area contributed by atoms with Crippen LogP contribution < -0.4 is 15.4 Å². The highest BCUT2D eigenvalue weighted by atomic mass is 16.5. The minimum Gasteiger partial charge on any atom is -0.497 e. The number of carbonyl (C=O) groups is 1. The molecule has 2 aliphatic heterocycles. The summed E-state index contributed by atoms with van der Waals surface area (Å²) in [4.78, 5) is 14.8. The van der Waals surface area contributed by atoms with Gasteiger partial charge in [0.15, 0.2) is 0 Å². The average molecular weight is 376 g/mol. The van der Waals surface area contributed by atoms with Gasteiger partial charge in [0.05, 0.1) is 13.2 Å². The van der Waals surface area contributed by atoms with Crippen LogP contribution in [0.2, 0.25) is 0 Å². The summed E-state index contributed by atoms with van der Waals surface area (Å²) >= 11 is 0. The first kappa shape index (κ1) is 20.1. The van der Waals surface area contributed by atoms with E-state index in [1.54, 1.807) is 7.11 Å². The molecule has 0 aliphatic carbocycles. The van der Waals surface area contributed by atoms with Crippen molar-refractivity contribution in [1.82, 2.24) is 15.5 Å². The minimum absolute atomic E-state index is 0.0792. The maximum Gasteiger partial charge on any atom is 0.223 e. The van der Waals surface area contributed by atoms with E-state index in [2.05, 4.69) is 15.5 Å². The molecule has 1 atom stereocenters. The third-order valence-corrected chi connectivity index (χ3v) is 5.96. The Morgan fingerprint density at radius 2 is 1.89 bits per heavy atom. The van der Waals surface area contributed by atoms with E-state index in [-0.39, 0.29) is 17.9 Å². The van der Waals surface area contributed by atoms with Gasteiger partial charge in [0, 0.05) is 19.0 Å². The lowest BCUT2D eigenvalue weighted by Crippen LogP contribution is -2.45. The first-order valence-electron chi connectivity index (χ1n) is 10.2. The molecule has 0 bridgehead atoms. The molecule has 0 radical (unpaired) electrons. The lowest BCUT2D eigenvalue weighted by atomic mass is 9.90. The number of nitrogens with zero attached hydrogens (tertiary/aromatic N) is 1. The van der Waals surface area contributed by atoms with Crippen molar-refractivity contribution in [3.05, 3.63) is 29.8 Å². The molecule has 6 nitrogen and oxygen atoms in total. The third-order valence-electron chi connectivity index (χ3n) is 5.96. The number of piperidine rings is 2. The van der Waals surface area contributed by atoms with Crippen LogP contribution in [0.1, 0.15) is 31.2 Å². The molecule has 0 aromatic heterocycles.